The van der Waals surface area contributed by atoms with Crippen molar-refractivity contribution in [1.82, 2.24) is 15.0 Å². The summed E-state index contributed by atoms with van der Waals surface area (Å²) < 4.78 is 5.35. The minimum Gasteiger partial charge on any atom is -0.369 e. The van der Waals surface area contributed by atoms with Crippen molar-refractivity contribution in [1.29, 1.82) is 0 Å². The number of rotatable bonds is 7. The maximum atomic E-state index is 11.3. The lowest BCUT2D eigenvalue weighted by molar-refractivity contribution is -0.119. The smallest absolute Gasteiger partial charge is 0.240 e. The molecule has 6 nitrogen and oxygen atoms in total. The van der Waals surface area contributed by atoms with E-state index in [1.165, 1.54) is 12.8 Å². The number of primary amides is 1. The fourth-order valence-corrected chi connectivity index (χ4v) is 3.16. The molecule has 122 valence electrons. The molecule has 1 fully saturated rings. The standard InChI is InChI=1S/C17H22N4O2/c18-15(22)11-21(14-8-4-5-9-14)12-17-19-16(20-23-17)10-13-6-2-1-3-7-13/h1-3,6-7,14H,4-5,8-12H2,(H2,18,22). The lowest BCUT2D eigenvalue weighted by Gasteiger charge is -2.25. The van der Waals surface area contributed by atoms with Gasteiger partial charge in [-0.2, -0.15) is 4.98 Å². The Labute approximate surface area is 135 Å². The van der Waals surface area contributed by atoms with Gasteiger partial charge in [-0.25, -0.2) is 0 Å². The van der Waals surface area contributed by atoms with Crippen LogP contribution < -0.4 is 5.73 Å². The van der Waals surface area contributed by atoms with Crippen molar-refractivity contribution >= 4 is 5.91 Å². The van der Waals surface area contributed by atoms with E-state index in [-0.39, 0.29) is 12.5 Å². The van der Waals surface area contributed by atoms with Crippen molar-refractivity contribution in [3.05, 3.63) is 47.6 Å². The summed E-state index contributed by atoms with van der Waals surface area (Å²) in [7, 11) is 0. The van der Waals surface area contributed by atoms with Crippen LogP contribution in [-0.2, 0) is 17.8 Å². The predicted octanol–water partition coefficient (Wildman–Crippen LogP) is 1.89. The Hall–Kier alpha value is -2.21. The van der Waals surface area contributed by atoms with Crippen molar-refractivity contribution in [2.45, 2.75) is 44.7 Å². The SMILES string of the molecule is NC(=O)CN(Cc1nc(Cc2ccccc2)no1)C1CCCC1. The highest BCUT2D eigenvalue weighted by Gasteiger charge is 2.25. The molecule has 0 saturated heterocycles. The van der Waals surface area contributed by atoms with Gasteiger partial charge < -0.3 is 10.3 Å². The third-order valence-corrected chi connectivity index (χ3v) is 4.25. The molecule has 2 N–H and O–H groups in total. The first-order valence-corrected chi connectivity index (χ1v) is 8.08. The molecule has 0 atom stereocenters. The summed E-state index contributed by atoms with van der Waals surface area (Å²) in [5.41, 5.74) is 6.52. The Bertz CT molecular complexity index is 635. The van der Waals surface area contributed by atoms with E-state index in [9.17, 15) is 4.79 Å². The van der Waals surface area contributed by atoms with Crippen molar-refractivity contribution < 1.29 is 9.32 Å². The van der Waals surface area contributed by atoms with Crippen LogP contribution in [-0.4, -0.2) is 33.5 Å². The number of carbonyl (C=O) groups is 1. The first-order chi connectivity index (χ1) is 11.2. The van der Waals surface area contributed by atoms with Crippen molar-refractivity contribution in [3.63, 3.8) is 0 Å². The monoisotopic (exact) mass is 314 g/mol. The normalized spacial score (nSPS) is 15.3. The first kappa shape index (κ1) is 15.7. The van der Waals surface area contributed by atoms with E-state index in [1.807, 2.05) is 30.3 Å². The van der Waals surface area contributed by atoms with Crippen LogP contribution in [0.2, 0.25) is 0 Å². The largest absolute Gasteiger partial charge is 0.369 e. The fourth-order valence-electron chi connectivity index (χ4n) is 3.16. The third kappa shape index (κ3) is 4.39. The van der Waals surface area contributed by atoms with Crippen molar-refractivity contribution in [3.8, 4) is 0 Å². The second-order valence-corrected chi connectivity index (χ2v) is 6.08. The highest BCUT2D eigenvalue weighted by molar-refractivity contribution is 5.75. The molecule has 1 saturated carbocycles. The number of hydrogen-bond acceptors (Lipinski definition) is 5. The van der Waals surface area contributed by atoms with Crippen LogP contribution in [0.15, 0.2) is 34.9 Å². The van der Waals surface area contributed by atoms with Crippen LogP contribution >= 0.6 is 0 Å². The zero-order valence-electron chi connectivity index (χ0n) is 13.1. The van der Waals surface area contributed by atoms with Crippen LogP contribution in [0.3, 0.4) is 0 Å². The van der Waals surface area contributed by atoms with E-state index in [0.717, 1.165) is 18.4 Å². The van der Waals surface area contributed by atoms with Crippen LogP contribution in [0.4, 0.5) is 0 Å². The number of carbonyl (C=O) groups excluding carboxylic acids is 1. The minimum absolute atomic E-state index is 0.237. The number of aromatic nitrogens is 2. The summed E-state index contributed by atoms with van der Waals surface area (Å²) in [4.78, 5) is 17.8. The number of hydrogen-bond donors (Lipinski definition) is 1. The van der Waals surface area contributed by atoms with E-state index in [0.29, 0.717) is 30.7 Å². The fraction of sp³-hybridized carbons (Fsp3) is 0.471. The summed E-state index contributed by atoms with van der Waals surface area (Å²) in [6.45, 7) is 0.719. The Balaban J connectivity index is 1.64. The zero-order valence-corrected chi connectivity index (χ0v) is 13.1. The molecule has 6 heteroatoms. The van der Waals surface area contributed by atoms with Crippen LogP contribution in [0, 0.1) is 0 Å². The summed E-state index contributed by atoms with van der Waals surface area (Å²) in [5, 5.41) is 4.04. The molecule has 1 aromatic heterocycles. The predicted molar refractivity (Wildman–Crippen MR) is 85.4 cm³/mol. The van der Waals surface area contributed by atoms with Gasteiger partial charge in [-0.15, -0.1) is 0 Å². The van der Waals surface area contributed by atoms with Crippen molar-refractivity contribution in [2.75, 3.05) is 6.54 Å². The molecule has 23 heavy (non-hydrogen) atoms. The quantitative estimate of drug-likeness (QED) is 0.843. The molecule has 1 aromatic carbocycles. The molecule has 0 spiro atoms. The van der Waals surface area contributed by atoms with E-state index in [2.05, 4.69) is 15.0 Å². The summed E-state index contributed by atoms with van der Waals surface area (Å²) in [6, 6.07) is 10.4. The highest BCUT2D eigenvalue weighted by Crippen LogP contribution is 2.24. The van der Waals surface area contributed by atoms with Gasteiger partial charge in [0.25, 0.3) is 0 Å². The molecule has 0 aliphatic heterocycles. The number of nitrogens with zero attached hydrogens (tertiary/aromatic N) is 3. The van der Waals surface area contributed by atoms with Gasteiger partial charge in [-0.05, 0) is 18.4 Å². The molecule has 1 aliphatic carbocycles. The number of benzene rings is 1. The average molecular weight is 314 g/mol. The lowest BCUT2D eigenvalue weighted by atomic mass is 10.1. The third-order valence-electron chi connectivity index (χ3n) is 4.25. The number of amides is 1. The molecular formula is C17H22N4O2. The van der Waals surface area contributed by atoms with Gasteiger partial charge in [-0.1, -0.05) is 48.3 Å². The van der Waals surface area contributed by atoms with E-state index < -0.39 is 0 Å². The Kier molecular flexibility index (Phi) is 5.02. The molecule has 0 unspecified atom stereocenters. The van der Waals surface area contributed by atoms with Gasteiger partial charge in [0.2, 0.25) is 11.8 Å². The van der Waals surface area contributed by atoms with Crippen LogP contribution in [0.5, 0.6) is 0 Å². The van der Waals surface area contributed by atoms with Gasteiger partial charge in [0, 0.05) is 12.5 Å². The molecular weight excluding hydrogens is 292 g/mol. The second kappa shape index (κ2) is 7.37. The Morgan fingerprint density at radius 1 is 1.26 bits per heavy atom. The van der Waals surface area contributed by atoms with Crippen LogP contribution in [0.1, 0.15) is 43.0 Å². The Morgan fingerprint density at radius 3 is 2.70 bits per heavy atom. The van der Waals surface area contributed by atoms with Gasteiger partial charge in [0.05, 0.1) is 13.1 Å². The van der Waals surface area contributed by atoms with Gasteiger partial charge in [-0.3, -0.25) is 9.69 Å². The van der Waals surface area contributed by atoms with Crippen LogP contribution in [0.25, 0.3) is 0 Å². The maximum absolute atomic E-state index is 11.3. The minimum atomic E-state index is -0.319. The number of nitrogens with two attached hydrogens (primary N) is 1. The molecule has 1 aliphatic rings. The highest BCUT2D eigenvalue weighted by atomic mass is 16.5. The molecule has 0 radical (unpaired) electrons. The first-order valence-electron chi connectivity index (χ1n) is 8.08. The van der Waals surface area contributed by atoms with E-state index in [4.69, 9.17) is 10.3 Å². The average Bonchev–Trinajstić information content (AvgIpc) is 3.19. The zero-order chi connectivity index (χ0) is 16.1. The van der Waals surface area contributed by atoms with E-state index >= 15 is 0 Å². The summed E-state index contributed by atoms with van der Waals surface area (Å²) in [5.74, 6) is 0.890. The molecule has 0 bridgehead atoms. The van der Waals surface area contributed by atoms with Gasteiger partial charge in [0.1, 0.15) is 0 Å². The van der Waals surface area contributed by atoms with Crippen molar-refractivity contribution in [2.24, 2.45) is 5.73 Å². The van der Waals surface area contributed by atoms with Gasteiger partial charge >= 0.3 is 0 Å². The second-order valence-electron chi connectivity index (χ2n) is 6.08. The summed E-state index contributed by atoms with van der Waals surface area (Å²) >= 11 is 0. The molecule has 3 rings (SSSR count). The lowest BCUT2D eigenvalue weighted by Crippen LogP contribution is -2.39. The molecule has 1 heterocycles. The van der Waals surface area contributed by atoms with Gasteiger partial charge in [0.15, 0.2) is 5.82 Å². The topological polar surface area (TPSA) is 85.3 Å². The maximum Gasteiger partial charge on any atom is 0.240 e. The molecule has 1 amide bonds. The molecule has 2 aromatic rings. The summed E-state index contributed by atoms with van der Waals surface area (Å²) in [6.07, 6.45) is 5.23. The van der Waals surface area contributed by atoms with E-state index in [1.54, 1.807) is 0 Å². The Morgan fingerprint density at radius 2 is 2.00 bits per heavy atom.